The number of nitrogens with zero attached hydrogens (tertiary/aromatic N) is 2. The highest BCUT2D eigenvalue weighted by Gasteiger charge is 2.37. The van der Waals surface area contributed by atoms with Crippen molar-refractivity contribution < 1.29 is 4.74 Å². The monoisotopic (exact) mass is 422 g/mol. The predicted octanol–water partition coefficient (Wildman–Crippen LogP) is 5.77. The fraction of sp³-hybridized carbons (Fsp3) is 0.345. The summed E-state index contributed by atoms with van der Waals surface area (Å²) in [5.41, 5.74) is 3.06. The summed E-state index contributed by atoms with van der Waals surface area (Å²) in [6, 6.07) is 23.3. The minimum Gasteiger partial charge on any atom is -0.490 e. The summed E-state index contributed by atoms with van der Waals surface area (Å²) in [6.07, 6.45) is 12.9. The van der Waals surface area contributed by atoms with Crippen molar-refractivity contribution in [2.24, 2.45) is 5.92 Å². The van der Waals surface area contributed by atoms with Gasteiger partial charge >= 0.3 is 0 Å². The minimum atomic E-state index is -0.591. The lowest BCUT2D eigenvalue weighted by molar-refractivity contribution is 0.151. The zero-order valence-corrected chi connectivity index (χ0v) is 18.5. The second-order valence-corrected chi connectivity index (χ2v) is 9.06. The normalized spacial score (nSPS) is 22.2. The van der Waals surface area contributed by atoms with Crippen molar-refractivity contribution in [1.82, 2.24) is 4.90 Å². The fourth-order valence-electron chi connectivity index (χ4n) is 5.43. The van der Waals surface area contributed by atoms with Crippen LogP contribution in [0.2, 0.25) is 0 Å². The molecule has 2 heterocycles. The van der Waals surface area contributed by atoms with Gasteiger partial charge in [0.1, 0.15) is 11.5 Å². The average molecular weight is 423 g/mol. The van der Waals surface area contributed by atoms with Crippen LogP contribution in [0, 0.1) is 17.2 Å². The van der Waals surface area contributed by atoms with Crippen LogP contribution in [0.4, 0.5) is 0 Å². The van der Waals surface area contributed by atoms with Crippen LogP contribution in [0.5, 0.6) is 0 Å². The summed E-state index contributed by atoms with van der Waals surface area (Å²) in [6.45, 7) is 3.14. The standard InChI is InChI=1S/C29H30N2O/c30-22-29(23-11-3-1-4-12-23,24-13-5-2-6-14-24)18-9-10-19-31-20-17-28-26(21-31)25-15-7-8-16-27(25)32-28/h1-8,11-16,25,27H,9-10,17-21H2. The second kappa shape index (κ2) is 9.18. The molecule has 3 nitrogen and oxygen atoms in total. The van der Waals surface area contributed by atoms with Crippen molar-refractivity contribution in [3.8, 4) is 6.07 Å². The van der Waals surface area contributed by atoms with Gasteiger partial charge in [-0.1, -0.05) is 78.9 Å². The summed E-state index contributed by atoms with van der Waals surface area (Å²) < 4.78 is 6.18. The van der Waals surface area contributed by atoms with Crippen molar-refractivity contribution in [2.75, 3.05) is 19.6 Å². The summed E-state index contributed by atoms with van der Waals surface area (Å²) in [7, 11) is 0. The van der Waals surface area contributed by atoms with Gasteiger partial charge in [-0.15, -0.1) is 0 Å². The van der Waals surface area contributed by atoms with E-state index in [4.69, 9.17) is 4.74 Å². The largest absolute Gasteiger partial charge is 0.490 e. The Bertz CT molecular complexity index is 1020. The number of fused-ring (bicyclic) bond motifs is 2. The smallest absolute Gasteiger partial charge is 0.127 e. The van der Waals surface area contributed by atoms with Gasteiger partial charge in [-0.3, -0.25) is 4.90 Å². The Labute approximate surface area is 191 Å². The van der Waals surface area contributed by atoms with E-state index >= 15 is 0 Å². The molecule has 32 heavy (non-hydrogen) atoms. The summed E-state index contributed by atoms with van der Waals surface area (Å²) in [5.74, 6) is 1.64. The highest BCUT2D eigenvalue weighted by molar-refractivity contribution is 5.45. The Hall–Kier alpha value is -3.09. The number of rotatable bonds is 7. The fourth-order valence-corrected chi connectivity index (χ4v) is 5.43. The lowest BCUT2D eigenvalue weighted by atomic mass is 9.72. The van der Waals surface area contributed by atoms with Crippen molar-refractivity contribution in [3.63, 3.8) is 0 Å². The molecule has 5 rings (SSSR count). The molecule has 0 amide bonds. The van der Waals surface area contributed by atoms with Gasteiger partial charge < -0.3 is 4.74 Å². The SMILES string of the molecule is N#CC(CCCCN1CCC2=C(C1)C1C=CC=CC1O2)(c1ccccc1)c1ccccc1. The molecule has 0 fully saturated rings. The van der Waals surface area contributed by atoms with Gasteiger partial charge in [0.25, 0.3) is 0 Å². The molecular weight excluding hydrogens is 392 g/mol. The molecule has 0 radical (unpaired) electrons. The maximum atomic E-state index is 10.4. The maximum absolute atomic E-state index is 10.4. The van der Waals surface area contributed by atoms with Crippen LogP contribution in [-0.4, -0.2) is 30.6 Å². The van der Waals surface area contributed by atoms with E-state index in [0.717, 1.165) is 56.4 Å². The summed E-state index contributed by atoms with van der Waals surface area (Å²) in [5, 5.41) is 10.4. The first-order valence-electron chi connectivity index (χ1n) is 11.8. The molecule has 2 aromatic rings. The van der Waals surface area contributed by atoms with Crippen molar-refractivity contribution >= 4 is 0 Å². The lowest BCUT2D eigenvalue weighted by Gasteiger charge is -2.30. The Morgan fingerprint density at radius 2 is 1.62 bits per heavy atom. The van der Waals surface area contributed by atoms with Crippen LogP contribution in [0.1, 0.15) is 36.8 Å². The Kier molecular flexibility index (Phi) is 5.97. The molecule has 2 aromatic carbocycles. The number of allylic oxidation sites excluding steroid dienone is 2. The third-order valence-corrected chi connectivity index (χ3v) is 7.17. The minimum absolute atomic E-state index is 0.206. The molecule has 1 aliphatic carbocycles. The van der Waals surface area contributed by atoms with Crippen molar-refractivity contribution in [1.29, 1.82) is 5.26 Å². The molecule has 0 aromatic heterocycles. The highest BCUT2D eigenvalue weighted by atomic mass is 16.5. The van der Waals surface area contributed by atoms with Crippen LogP contribution < -0.4 is 0 Å². The Morgan fingerprint density at radius 3 is 2.31 bits per heavy atom. The molecule has 0 saturated carbocycles. The summed E-state index contributed by atoms with van der Waals surface area (Å²) >= 11 is 0. The molecule has 0 saturated heterocycles. The van der Waals surface area contributed by atoms with Gasteiger partial charge in [-0.25, -0.2) is 0 Å². The first kappa shape index (κ1) is 20.8. The van der Waals surface area contributed by atoms with E-state index in [-0.39, 0.29) is 6.10 Å². The van der Waals surface area contributed by atoms with Crippen LogP contribution in [0.25, 0.3) is 0 Å². The highest BCUT2D eigenvalue weighted by Crippen LogP contribution is 2.39. The van der Waals surface area contributed by atoms with E-state index < -0.39 is 5.41 Å². The predicted molar refractivity (Wildman–Crippen MR) is 128 cm³/mol. The van der Waals surface area contributed by atoms with E-state index in [9.17, 15) is 5.26 Å². The van der Waals surface area contributed by atoms with Gasteiger partial charge in [0.15, 0.2) is 0 Å². The average Bonchev–Trinajstić information content (AvgIpc) is 3.23. The van der Waals surface area contributed by atoms with Crippen LogP contribution in [0.3, 0.4) is 0 Å². The van der Waals surface area contributed by atoms with E-state index in [1.807, 2.05) is 36.4 Å². The number of ether oxygens (including phenoxy) is 1. The molecule has 162 valence electrons. The van der Waals surface area contributed by atoms with E-state index in [2.05, 4.69) is 59.5 Å². The molecular formula is C29H30N2O. The topological polar surface area (TPSA) is 36.3 Å². The molecule has 3 heteroatoms. The molecule has 0 bridgehead atoms. The molecule has 2 atom stereocenters. The quantitative estimate of drug-likeness (QED) is 0.532. The van der Waals surface area contributed by atoms with Crippen LogP contribution in [0.15, 0.2) is 96.3 Å². The van der Waals surface area contributed by atoms with Gasteiger partial charge in [-0.2, -0.15) is 5.26 Å². The number of hydrogen-bond donors (Lipinski definition) is 0. The molecule has 2 aliphatic heterocycles. The second-order valence-electron chi connectivity index (χ2n) is 9.06. The molecule has 0 N–H and O–H groups in total. The Morgan fingerprint density at radius 1 is 0.938 bits per heavy atom. The van der Waals surface area contributed by atoms with Crippen LogP contribution in [-0.2, 0) is 10.2 Å². The zero-order valence-electron chi connectivity index (χ0n) is 18.5. The number of nitriles is 1. The molecule has 2 unspecified atom stereocenters. The molecule has 0 spiro atoms. The van der Waals surface area contributed by atoms with Gasteiger partial charge in [0.05, 0.1) is 11.8 Å². The maximum Gasteiger partial charge on any atom is 0.127 e. The third kappa shape index (κ3) is 3.92. The number of unbranched alkanes of at least 4 members (excludes halogenated alkanes) is 1. The number of benzene rings is 2. The third-order valence-electron chi connectivity index (χ3n) is 7.17. The zero-order chi connectivity index (χ0) is 21.8. The molecule has 3 aliphatic rings. The van der Waals surface area contributed by atoms with Crippen LogP contribution >= 0.6 is 0 Å². The van der Waals surface area contributed by atoms with Gasteiger partial charge in [0.2, 0.25) is 0 Å². The van der Waals surface area contributed by atoms with Gasteiger partial charge in [-0.05, 0) is 48.6 Å². The van der Waals surface area contributed by atoms with E-state index in [1.165, 1.54) is 11.3 Å². The number of hydrogen-bond acceptors (Lipinski definition) is 3. The first-order valence-corrected chi connectivity index (χ1v) is 11.8. The lowest BCUT2D eigenvalue weighted by Crippen LogP contribution is -2.33. The first-order chi connectivity index (χ1) is 15.8. The summed E-state index contributed by atoms with van der Waals surface area (Å²) in [4.78, 5) is 2.57. The Balaban J connectivity index is 1.23. The van der Waals surface area contributed by atoms with E-state index in [1.54, 1.807) is 0 Å². The van der Waals surface area contributed by atoms with Crippen molar-refractivity contribution in [3.05, 3.63) is 107 Å². The van der Waals surface area contributed by atoms with E-state index in [0.29, 0.717) is 5.92 Å². The van der Waals surface area contributed by atoms with Gasteiger partial charge in [0, 0.05) is 25.4 Å². The van der Waals surface area contributed by atoms with Crippen molar-refractivity contribution in [2.45, 2.75) is 37.2 Å².